The van der Waals surface area contributed by atoms with Gasteiger partial charge in [-0.05, 0) is 87.3 Å². The monoisotopic (exact) mass is 713 g/mol. The maximum atomic E-state index is 5.31. The molecule has 4 heterocycles. The Hall–Kier alpha value is -7.63. The van der Waals surface area contributed by atoms with E-state index in [0.717, 1.165) is 65.8 Å². The summed E-state index contributed by atoms with van der Waals surface area (Å²) in [5.41, 5.74) is 9.38. The summed E-state index contributed by atoms with van der Waals surface area (Å²) in [6.07, 6.45) is 0. The van der Waals surface area contributed by atoms with Crippen LogP contribution in [-0.2, 0) is 0 Å². The van der Waals surface area contributed by atoms with Gasteiger partial charge in [0.1, 0.15) is 0 Å². The summed E-state index contributed by atoms with van der Waals surface area (Å²) in [7, 11) is 0. The van der Waals surface area contributed by atoms with Crippen molar-refractivity contribution < 1.29 is 0 Å². The fourth-order valence-corrected chi connectivity index (χ4v) is 8.61. The predicted molar refractivity (Wildman–Crippen MR) is 232 cm³/mol. The topological polar surface area (TPSA) is 48.0 Å². The minimum absolute atomic E-state index is 0.578. The van der Waals surface area contributed by atoms with Gasteiger partial charge in [0.15, 0.2) is 11.5 Å². The van der Waals surface area contributed by atoms with Crippen LogP contribution < -0.4 is 0 Å². The molecule has 12 rings (SSSR count). The summed E-state index contributed by atoms with van der Waals surface area (Å²) in [5, 5.41) is 10.1. The molecule has 10 bridgehead atoms. The molecule has 5 nitrogen and oxygen atoms in total. The highest BCUT2D eigenvalue weighted by Gasteiger charge is 2.19. The molecule has 0 unspecified atom stereocenters. The molecule has 56 heavy (non-hydrogen) atoms. The molecule has 0 aliphatic heterocycles. The van der Waals surface area contributed by atoms with Gasteiger partial charge in [0.05, 0.1) is 22.1 Å². The largest absolute Gasteiger partial charge is 0.309 e. The molecule has 260 valence electrons. The van der Waals surface area contributed by atoms with Crippen molar-refractivity contribution in [1.82, 2.24) is 23.9 Å². The van der Waals surface area contributed by atoms with Gasteiger partial charge in [-0.3, -0.25) is 4.40 Å². The molecule has 0 saturated carbocycles. The molecule has 0 atom stereocenters. The van der Waals surface area contributed by atoms with Gasteiger partial charge in [-0.2, -0.15) is 9.97 Å². The summed E-state index contributed by atoms with van der Waals surface area (Å²) >= 11 is 0. The molecule has 0 fully saturated rings. The van der Waals surface area contributed by atoms with Crippen LogP contribution in [0.3, 0.4) is 0 Å². The summed E-state index contributed by atoms with van der Waals surface area (Å²) in [6, 6.07) is 67.2. The number of hydrogen-bond donors (Lipinski definition) is 0. The van der Waals surface area contributed by atoms with E-state index in [1.807, 2.05) is 6.07 Å². The third-order valence-electron chi connectivity index (χ3n) is 11.3. The minimum Gasteiger partial charge on any atom is -0.309 e. The lowest BCUT2D eigenvalue weighted by Crippen LogP contribution is -1.98. The standard InChI is InChI=1S/C51H31N5/c1-3-11-32(12-4-1)33-21-23-34(24-22-33)49-52-50-39-16-10-15-37(28-39)35-13-9-14-36(27-35)38-25-26-46-42(29-38)44-31-48-43(30-47(44)55(46)40-17-5-2-6-18-40)41-19-7-8-20-45(41)56(48)51(53-49)54-50/h1-31H. The highest BCUT2D eigenvalue weighted by Crippen LogP contribution is 2.39. The van der Waals surface area contributed by atoms with Crippen molar-refractivity contribution in [3.63, 3.8) is 0 Å². The molecule has 0 amide bonds. The summed E-state index contributed by atoms with van der Waals surface area (Å²) in [4.78, 5) is 15.8. The van der Waals surface area contributed by atoms with E-state index in [0.29, 0.717) is 17.2 Å². The number of nitrogens with zero attached hydrogens (tertiary/aromatic N) is 5. The van der Waals surface area contributed by atoms with Crippen molar-refractivity contribution in [2.75, 3.05) is 0 Å². The lowest BCUT2D eigenvalue weighted by molar-refractivity contribution is 1.10. The Bertz CT molecular complexity index is 3570. The maximum Gasteiger partial charge on any atom is 0.238 e. The maximum absolute atomic E-state index is 5.31. The van der Waals surface area contributed by atoms with E-state index in [2.05, 4.69) is 191 Å². The Morgan fingerprint density at radius 2 is 0.911 bits per heavy atom. The van der Waals surface area contributed by atoms with E-state index in [-0.39, 0.29) is 0 Å². The quantitative estimate of drug-likeness (QED) is 0.183. The smallest absolute Gasteiger partial charge is 0.238 e. The summed E-state index contributed by atoms with van der Waals surface area (Å²) in [5.74, 6) is 1.20. The number of rotatable bonds is 3. The fraction of sp³-hybridized carbons (Fsp3) is 0. The molecular formula is C51H31N5. The van der Waals surface area contributed by atoms with Crippen LogP contribution in [0, 0.1) is 0 Å². The van der Waals surface area contributed by atoms with Gasteiger partial charge in [0.25, 0.3) is 0 Å². The zero-order chi connectivity index (χ0) is 36.7. The molecule has 0 spiro atoms. The second kappa shape index (κ2) is 11.9. The van der Waals surface area contributed by atoms with E-state index in [4.69, 9.17) is 15.0 Å². The Kier molecular flexibility index (Phi) is 6.56. The van der Waals surface area contributed by atoms with Gasteiger partial charge >= 0.3 is 0 Å². The molecule has 5 heteroatoms. The van der Waals surface area contributed by atoms with E-state index in [1.54, 1.807) is 0 Å². The molecule has 0 radical (unpaired) electrons. The second-order valence-corrected chi connectivity index (χ2v) is 14.5. The fourth-order valence-electron chi connectivity index (χ4n) is 8.61. The van der Waals surface area contributed by atoms with E-state index < -0.39 is 0 Å². The molecular weight excluding hydrogens is 683 g/mol. The first-order chi connectivity index (χ1) is 27.7. The molecule has 0 aliphatic rings. The lowest BCUT2D eigenvalue weighted by atomic mass is 10.0. The Morgan fingerprint density at radius 1 is 0.321 bits per heavy atom. The van der Waals surface area contributed by atoms with Gasteiger partial charge in [-0.1, -0.05) is 133 Å². The second-order valence-electron chi connectivity index (χ2n) is 14.5. The predicted octanol–water partition coefficient (Wildman–Crippen LogP) is 12.9. The SMILES string of the molecule is c1ccc(-c2ccc(-c3nc4nc(n3)n3c5ccccc5c5cc6c(cc53)c3cc(ccc3n6-c3ccccc3)c3cccc(c3)c3cccc4c3)cc2)cc1. The van der Waals surface area contributed by atoms with Crippen molar-refractivity contribution in [3.8, 4) is 28.2 Å². The van der Waals surface area contributed by atoms with Crippen LogP contribution in [0.4, 0.5) is 0 Å². The number of benzene rings is 8. The van der Waals surface area contributed by atoms with Crippen molar-refractivity contribution in [2.45, 2.75) is 0 Å². The van der Waals surface area contributed by atoms with Crippen molar-refractivity contribution >= 4 is 82.0 Å². The molecule has 4 aromatic heterocycles. The average molecular weight is 714 g/mol. The zero-order valence-electron chi connectivity index (χ0n) is 30.1. The van der Waals surface area contributed by atoms with E-state index in [9.17, 15) is 0 Å². The van der Waals surface area contributed by atoms with E-state index in [1.165, 1.54) is 27.1 Å². The molecule has 8 aromatic carbocycles. The molecule has 0 aliphatic carbocycles. The van der Waals surface area contributed by atoms with Crippen LogP contribution in [0.15, 0.2) is 188 Å². The van der Waals surface area contributed by atoms with Crippen molar-refractivity contribution in [2.24, 2.45) is 0 Å². The zero-order valence-corrected chi connectivity index (χ0v) is 30.1. The van der Waals surface area contributed by atoms with Gasteiger partial charge < -0.3 is 4.57 Å². The molecule has 0 N–H and O–H groups in total. The van der Waals surface area contributed by atoms with Gasteiger partial charge in [0.2, 0.25) is 5.78 Å². The highest BCUT2D eigenvalue weighted by molar-refractivity contribution is 6.20. The Morgan fingerprint density at radius 3 is 1.70 bits per heavy atom. The first-order valence-electron chi connectivity index (χ1n) is 18.9. The first-order valence-corrected chi connectivity index (χ1v) is 18.9. The summed E-state index contributed by atoms with van der Waals surface area (Å²) in [6.45, 7) is 0. The Balaban J connectivity index is 1.28. The third kappa shape index (κ3) is 4.71. The number of fused-ring (bicyclic) bond motifs is 14. The van der Waals surface area contributed by atoms with Gasteiger partial charge in [-0.25, -0.2) is 4.98 Å². The third-order valence-corrected chi connectivity index (χ3v) is 11.3. The van der Waals surface area contributed by atoms with Crippen molar-refractivity contribution in [1.29, 1.82) is 0 Å². The number of aromatic nitrogens is 5. The van der Waals surface area contributed by atoms with Gasteiger partial charge in [0, 0.05) is 38.2 Å². The highest BCUT2D eigenvalue weighted by atomic mass is 15.1. The van der Waals surface area contributed by atoms with Crippen LogP contribution >= 0.6 is 0 Å². The van der Waals surface area contributed by atoms with Crippen LogP contribution in [0.2, 0.25) is 0 Å². The van der Waals surface area contributed by atoms with Crippen LogP contribution in [0.25, 0.3) is 110 Å². The molecule has 0 saturated heterocycles. The van der Waals surface area contributed by atoms with Crippen LogP contribution in [0.5, 0.6) is 0 Å². The minimum atomic E-state index is 0.578. The van der Waals surface area contributed by atoms with Crippen molar-refractivity contribution in [3.05, 3.63) is 188 Å². The normalized spacial score (nSPS) is 11.9. The summed E-state index contributed by atoms with van der Waals surface area (Å²) < 4.78 is 4.62. The number of para-hydroxylation sites is 2. The van der Waals surface area contributed by atoms with Crippen LogP contribution in [-0.4, -0.2) is 23.9 Å². The van der Waals surface area contributed by atoms with Gasteiger partial charge in [-0.15, -0.1) is 0 Å². The lowest BCUT2D eigenvalue weighted by Gasteiger charge is -2.08. The molecule has 12 aromatic rings. The Labute approximate surface area is 321 Å². The van der Waals surface area contributed by atoms with Crippen LogP contribution in [0.1, 0.15) is 0 Å². The first kappa shape index (κ1) is 30.8. The average Bonchev–Trinajstić information content (AvgIpc) is 3.77. The van der Waals surface area contributed by atoms with E-state index >= 15 is 0 Å². The number of hydrogen-bond acceptors (Lipinski definition) is 3.